The number of carbonyl (C=O) groups excluding carboxylic acids is 2. The number of hydrogen-bond donors (Lipinski definition) is 2. The Morgan fingerprint density at radius 1 is 1.38 bits per heavy atom. The molecule has 2 heterocycles. The second-order valence-corrected chi connectivity index (χ2v) is 6.16. The summed E-state index contributed by atoms with van der Waals surface area (Å²) in [6.45, 7) is 7.73. The van der Waals surface area contributed by atoms with Gasteiger partial charge in [0.1, 0.15) is 0 Å². The van der Waals surface area contributed by atoms with Crippen LogP contribution in [0.5, 0.6) is 0 Å². The van der Waals surface area contributed by atoms with Crippen molar-refractivity contribution in [2.24, 2.45) is 7.05 Å². The van der Waals surface area contributed by atoms with Crippen LogP contribution in [0.2, 0.25) is 0 Å². The lowest BCUT2D eigenvalue weighted by Crippen LogP contribution is -2.49. The molecule has 1 fully saturated rings. The minimum absolute atomic E-state index is 0.0208. The van der Waals surface area contributed by atoms with Gasteiger partial charge in [-0.15, -0.1) is 0 Å². The van der Waals surface area contributed by atoms with Crippen molar-refractivity contribution in [1.29, 1.82) is 0 Å². The van der Waals surface area contributed by atoms with E-state index in [0.29, 0.717) is 19.7 Å². The smallest absolute Gasteiger partial charge is 0.407 e. The van der Waals surface area contributed by atoms with Crippen molar-refractivity contribution < 1.29 is 14.3 Å². The van der Waals surface area contributed by atoms with Crippen LogP contribution in [-0.2, 0) is 16.6 Å². The zero-order chi connectivity index (χ0) is 17.7. The second kappa shape index (κ2) is 8.14. The van der Waals surface area contributed by atoms with Crippen LogP contribution in [0.1, 0.15) is 31.2 Å². The molecule has 1 saturated heterocycles. The Hall–Kier alpha value is -2.09. The van der Waals surface area contributed by atoms with E-state index in [2.05, 4.69) is 20.6 Å². The van der Waals surface area contributed by atoms with E-state index in [1.807, 2.05) is 20.9 Å². The molecular formula is C16H27N5O3. The second-order valence-electron chi connectivity index (χ2n) is 6.16. The van der Waals surface area contributed by atoms with Gasteiger partial charge in [-0.05, 0) is 40.2 Å². The fraction of sp³-hybridized carbons (Fsp3) is 0.688. The van der Waals surface area contributed by atoms with Gasteiger partial charge in [0.15, 0.2) is 0 Å². The van der Waals surface area contributed by atoms with Gasteiger partial charge in [-0.1, -0.05) is 0 Å². The molecule has 24 heavy (non-hydrogen) atoms. The molecule has 2 amide bonds. The Labute approximate surface area is 142 Å². The van der Waals surface area contributed by atoms with E-state index in [0.717, 1.165) is 36.5 Å². The van der Waals surface area contributed by atoms with Crippen LogP contribution < -0.4 is 10.6 Å². The largest absolute Gasteiger partial charge is 0.450 e. The first kappa shape index (κ1) is 18.3. The summed E-state index contributed by atoms with van der Waals surface area (Å²) in [6.07, 6.45) is 1.45. The van der Waals surface area contributed by atoms with Gasteiger partial charge in [0.05, 0.1) is 30.2 Å². The highest BCUT2D eigenvalue weighted by Crippen LogP contribution is 2.18. The van der Waals surface area contributed by atoms with E-state index >= 15 is 0 Å². The van der Waals surface area contributed by atoms with E-state index < -0.39 is 6.09 Å². The van der Waals surface area contributed by atoms with Gasteiger partial charge in [0.2, 0.25) is 5.91 Å². The number of nitrogens with one attached hydrogen (secondary N) is 2. The quantitative estimate of drug-likeness (QED) is 0.842. The maximum atomic E-state index is 12.3. The molecule has 8 nitrogen and oxygen atoms in total. The number of aryl methyl sites for hydroxylation is 2. The highest BCUT2D eigenvalue weighted by Gasteiger charge is 2.23. The summed E-state index contributed by atoms with van der Waals surface area (Å²) < 4.78 is 6.67. The average molecular weight is 337 g/mol. The Kier molecular flexibility index (Phi) is 6.19. The summed E-state index contributed by atoms with van der Waals surface area (Å²) in [6, 6.07) is 0.0208. The summed E-state index contributed by atoms with van der Waals surface area (Å²) in [5, 5.41) is 10.1. The predicted molar refractivity (Wildman–Crippen MR) is 90.9 cm³/mol. The van der Waals surface area contributed by atoms with Crippen LogP contribution in [0.25, 0.3) is 0 Å². The number of likely N-dealkylation sites (tertiary alicyclic amines) is 1. The Morgan fingerprint density at radius 3 is 2.75 bits per heavy atom. The average Bonchev–Trinajstić information content (AvgIpc) is 2.74. The van der Waals surface area contributed by atoms with Crippen molar-refractivity contribution in [2.75, 3.05) is 31.6 Å². The van der Waals surface area contributed by atoms with Crippen molar-refractivity contribution in [2.45, 2.75) is 39.7 Å². The molecule has 2 rings (SSSR count). The molecule has 0 radical (unpaired) electrons. The summed E-state index contributed by atoms with van der Waals surface area (Å²) in [5.41, 5.74) is 2.52. The summed E-state index contributed by atoms with van der Waals surface area (Å²) in [7, 11) is 1.86. The number of alkyl carbamates (subject to hydrolysis) is 1. The lowest BCUT2D eigenvalue weighted by atomic mass is 10.1. The monoisotopic (exact) mass is 337 g/mol. The third-order valence-corrected chi connectivity index (χ3v) is 4.24. The first-order valence-electron chi connectivity index (χ1n) is 8.36. The van der Waals surface area contributed by atoms with E-state index in [1.54, 1.807) is 11.6 Å². The fourth-order valence-corrected chi connectivity index (χ4v) is 2.99. The number of nitrogens with zero attached hydrogens (tertiary/aromatic N) is 3. The Morgan fingerprint density at radius 2 is 2.12 bits per heavy atom. The minimum Gasteiger partial charge on any atom is -0.450 e. The lowest BCUT2D eigenvalue weighted by molar-refractivity contribution is -0.117. The SMILES string of the molecule is CCOC(=O)NC1CCCN(CC(=O)Nc2c(C)nn(C)c2C)C1. The molecule has 0 aromatic carbocycles. The van der Waals surface area contributed by atoms with Crippen LogP contribution in [0.3, 0.4) is 0 Å². The number of carbonyl (C=O) groups is 2. The molecule has 0 spiro atoms. The van der Waals surface area contributed by atoms with Gasteiger partial charge < -0.3 is 15.4 Å². The van der Waals surface area contributed by atoms with Crippen LogP contribution in [0, 0.1) is 13.8 Å². The van der Waals surface area contributed by atoms with Crippen molar-refractivity contribution >= 4 is 17.7 Å². The molecule has 1 aliphatic rings. The maximum Gasteiger partial charge on any atom is 0.407 e. The molecule has 1 aromatic rings. The summed E-state index contributed by atoms with van der Waals surface area (Å²) in [5.74, 6) is -0.0639. The zero-order valence-electron chi connectivity index (χ0n) is 14.9. The van der Waals surface area contributed by atoms with Crippen molar-refractivity contribution in [3.05, 3.63) is 11.4 Å². The standard InChI is InChI=1S/C16H27N5O3/c1-5-24-16(23)17-13-7-6-8-21(9-13)10-14(22)18-15-11(2)19-20(4)12(15)3/h13H,5-10H2,1-4H3,(H,17,23)(H,18,22). The molecule has 8 heteroatoms. The molecule has 1 aliphatic heterocycles. The molecule has 1 unspecified atom stereocenters. The van der Waals surface area contributed by atoms with Gasteiger partial charge in [-0.25, -0.2) is 4.79 Å². The molecule has 1 atom stereocenters. The predicted octanol–water partition coefficient (Wildman–Crippen LogP) is 1.19. The highest BCUT2D eigenvalue weighted by atomic mass is 16.5. The van der Waals surface area contributed by atoms with Crippen molar-refractivity contribution in [3.8, 4) is 0 Å². The van der Waals surface area contributed by atoms with E-state index in [1.165, 1.54) is 0 Å². The number of anilines is 1. The van der Waals surface area contributed by atoms with Crippen LogP contribution >= 0.6 is 0 Å². The number of aromatic nitrogens is 2. The van der Waals surface area contributed by atoms with Crippen LogP contribution in [0.15, 0.2) is 0 Å². The van der Waals surface area contributed by atoms with E-state index in [-0.39, 0.29) is 11.9 Å². The zero-order valence-corrected chi connectivity index (χ0v) is 14.9. The number of amides is 2. The number of ether oxygens (including phenoxy) is 1. The third kappa shape index (κ3) is 4.70. The fourth-order valence-electron chi connectivity index (χ4n) is 2.99. The van der Waals surface area contributed by atoms with Gasteiger partial charge in [0, 0.05) is 19.6 Å². The van der Waals surface area contributed by atoms with Crippen molar-refractivity contribution in [3.63, 3.8) is 0 Å². The molecule has 1 aromatic heterocycles. The Balaban J connectivity index is 1.86. The van der Waals surface area contributed by atoms with Crippen molar-refractivity contribution in [1.82, 2.24) is 20.0 Å². The van der Waals surface area contributed by atoms with Gasteiger partial charge in [-0.3, -0.25) is 14.4 Å². The number of hydrogen-bond acceptors (Lipinski definition) is 5. The molecule has 0 saturated carbocycles. The first-order valence-corrected chi connectivity index (χ1v) is 8.36. The first-order chi connectivity index (χ1) is 11.4. The van der Waals surface area contributed by atoms with Gasteiger partial charge in [0.25, 0.3) is 0 Å². The summed E-state index contributed by atoms with van der Waals surface area (Å²) >= 11 is 0. The normalized spacial score (nSPS) is 18.2. The lowest BCUT2D eigenvalue weighted by Gasteiger charge is -2.32. The van der Waals surface area contributed by atoms with Crippen LogP contribution in [0.4, 0.5) is 10.5 Å². The minimum atomic E-state index is -0.393. The van der Waals surface area contributed by atoms with E-state index in [9.17, 15) is 9.59 Å². The third-order valence-electron chi connectivity index (χ3n) is 4.24. The molecular weight excluding hydrogens is 310 g/mol. The molecule has 0 aliphatic carbocycles. The molecule has 0 bridgehead atoms. The highest BCUT2D eigenvalue weighted by molar-refractivity contribution is 5.93. The Bertz CT molecular complexity index is 599. The topological polar surface area (TPSA) is 88.5 Å². The number of piperidine rings is 1. The number of rotatable bonds is 5. The molecule has 134 valence electrons. The van der Waals surface area contributed by atoms with Gasteiger partial charge in [-0.2, -0.15) is 5.10 Å². The van der Waals surface area contributed by atoms with Gasteiger partial charge >= 0.3 is 6.09 Å². The summed E-state index contributed by atoms with van der Waals surface area (Å²) in [4.78, 5) is 25.9. The molecule has 2 N–H and O–H groups in total. The van der Waals surface area contributed by atoms with E-state index in [4.69, 9.17) is 4.74 Å². The maximum absolute atomic E-state index is 12.3. The van der Waals surface area contributed by atoms with Crippen LogP contribution in [-0.4, -0.2) is 59.0 Å².